The molecule has 3 aromatic rings. The van der Waals surface area contributed by atoms with E-state index in [4.69, 9.17) is 0 Å². The van der Waals surface area contributed by atoms with Gasteiger partial charge in [0.2, 0.25) is 0 Å². The van der Waals surface area contributed by atoms with Crippen molar-refractivity contribution in [2.75, 3.05) is 19.6 Å². The first-order chi connectivity index (χ1) is 16.0. The lowest BCUT2D eigenvalue weighted by Crippen LogP contribution is -2.44. The van der Waals surface area contributed by atoms with Gasteiger partial charge in [0.25, 0.3) is 0 Å². The van der Waals surface area contributed by atoms with Gasteiger partial charge in [0.1, 0.15) is 23.6 Å². The molecule has 0 aliphatic carbocycles. The van der Waals surface area contributed by atoms with Crippen LogP contribution < -0.4 is 5.32 Å². The molecule has 2 fully saturated rings. The third-order valence-corrected chi connectivity index (χ3v) is 6.71. The molecule has 1 N–H and O–H groups in total. The number of nitrogens with zero attached hydrogens (tertiary/aromatic N) is 5. The summed E-state index contributed by atoms with van der Waals surface area (Å²) in [5, 5.41) is 7.74. The van der Waals surface area contributed by atoms with Crippen molar-refractivity contribution >= 4 is 5.84 Å². The summed E-state index contributed by atoms with van der Waals surface area (Å²) < 4.78 is 44.8. The number of aliphatic imine (C=N–C) groups is 1. The molecule has 6 rings (SSSR count). The topological polar surface area (TPSA) is 58.3 Å². The molecule has 33 heavy (non-hydrogen) atoms. The van der Waals surface area contributed by atoms with E-state index in [1.807, 2.05) is 23.1 Å². The predicted molar refractivity (Wildman–Crippen MR) is 117 cm³/mol. The Morgan fingerprint density at radius 2 is 1.97 bits per heavy atom. The number of rotatable bonds is 4. The molecule has 2 aromatic heterocycles. The maximum Gasteiger partial charge on any atom is 0.133 e. The fraction of sp³-hybridized carbons (Fsp3) is 0.375. The van der Waals surface area contributed by atoms with E-state index in [1.54, 1.807) is 11.1 Å². The number of fused-ring (bicyclic) bond motifs is 1. The van der Waals surface area contributed by atoms with Crippen LogP contribution in [0, 0.1) is 17.6 Å². The van der Waals surface area contributed by atoms with E-state index >= 15 is 0 Å². The molecule has 2 atom stereocenters. The van der Waals surface area contributed by atoms with Gasteiger partial charge in [-0.3, -0.25) is 14.7 Å². The Bertz CT molecular complexity index is 1230. The summed E-state index contributed by atoms with van der Waals surface area (Å²) in [6.07, 6.45) is 4.56. The first kappa shape index (κ1) is 20.4. The fourth-order valence-corrected chi connectivity index (χ4v) is 4.89. The maximum atomic E-state index is 14.5. The van der Waals surface area contributed by atoms with Crippen LogP contribution in [0.15, 0.2) is 47.8 Å². The van der Waals surface area contributed by atoms with Crippen LogP contribution in [0.5, 0.6) is 0 Å². The first-order valence-corrected chi connectivity index (χ1v) is 11.2. The van der Waals surface area contributed by atoms with Crippen molar-refractivity contribution < 1.29 is 13.2 Å². The summed E-state index contributed by atoms with van der Waals surface area (Å²) in [4.78, 5) is 11.0. The third-order valence-electron chi connectivity index (χ3n) is 6.71. The van der Waals surface area contributed by atoms with Gasteiger partial charge in [-0.25, -0.2) is 13.2 Å². The lowest BCUT2D eigenvalue weighted by atomic mass is 10.0. The second-order valence-electron chi connectivity index (χ2n) is 9.00. The number of benzene rings is 1. The number of likely N-dealkylation sites (tertiary alicyclic amines) is 1. The summed E-state index contributed by atoms with van der Waals surface area (Å²) in [5.41, 5.74) is 3.59. The Balaban J connectivity index is 1.31. The van der Waals surface area contributed by atoms with E-state index < -0.39 is 23.8 Å². The largest absolute Gasteiger partial charge is 0.346 e. The number of nitrogens with one attached hydrogen (secondary N) is 1. The molecule has 6 nitrogen and oxygen atoms in total. The smallest absolute Gasteiger partial charge is 0.133 e. The highest BCUT2D eigenvalue weighted by molar-refractivity contribution is 6.02. The van der Waals surface area contributed by atoms with Crippen molar-refractivity contribution in [3.05, 3.63) is 71.3 Å². The summed E-state index contributed by atoms with van der Waals surface area (Å²) in [5.74, 6) is 0.0982. The number of pyridine rings is 1. The van der Waals surface area contributed by atoms with Gasteiger partial charge in [0.15, 0.2) is 0 Å². The van der Waals surface area contributed by atoms with Crippen LogP contribution in [0.2, 0.25) is 0 Å². The second kappa shape index (κ2) is 7.98. The molecule has 1 aromatic carbocycles. The highest BCUT2D eigenvalue weighted by Gasteiger charge is 2.39. The molecule has 0 unspecified atom stereocenters. The quantitative estimate of drug-likeness (QED) is 0.659. The zero-order chi connectivity index (χ0) is 22.5. The molecule has 170 valence electrons. The van der Waals surface area contributed by atoms with E-state index in [0.717, 1.165) is 60.2 Å². The number of hydrogen-bond acceptors (Lipinski definition) is 5. The molecule has 0 saturated carbocycles. The van der Waals surface area contributed by atoms with Crippen LogP contribution in [0.3, 0.4) is 0 Å². The van der Waals surface area contributed by atoms with Gasteiger partial charge < -0.3 is 10.2 Å². The van der Waals surface area contributed by atoms with E-state index in [0.29, 0.717) is 18.3 Å². The van der Waals surface area contributed by atoms with Crippen molar-refractivity contribution in [1.29, 1.82) is 0 Å². The van der Waals surface area contributed by atoms with Gasteiger partial charge in [-0.15, -0.1) is 0 Å². The van der Waals surface area contributed by atoms with Gasteiger partial charge >= 0.3 is 0 Å². The van der Waals surface area contributed by atoms with Gasteiger partial charge in [-0.05, 0) is 24.3 Å². The number of aromatic nitrogens is 3. The van der Waals surface area contributed by atoms with Gasteiger partial charge in [0.05, 0.1) is 31.0 Å². The molecule has 0 amide bonds. The van der Waals surface area contributed by atoms with Crippen LogP contribution in [0.25, 0.3) is 11.1 Å². The first-order valence-electron chi connectivity index (χ1n) is 11.2. The Kier molecular flexibility index (Phi) is 4.94. The summed E-state index contributed by atoms with van der Waals surface area (Å²) in [6.45, 7) is 3.34. The van der Waals surface area contributed by atoms with Crippen LogP contribution in [-0.4, -0.2) is 51.3 Å². The van der Waals surface area contributed by atoms with Gasteiger partial charge in [-0.1, -0.05) is 0 Å². The minimum absolute atomic E-state index is 0.0798. The van der Waals surface area contributed by atoms with Crippen molar-refractivity contribution in [2.45, 2.75) is 31.7 Å². The Labute approximate surface area is 189 Å². The molecule has 9 heteroatoms. The molecular formula is C24H23F3N6. The molecule has 0 spiro atoms. The number of amidine groups is 1. The number of hydrogen-bond donors (Lipinski definition) is 1. The van der Waals surface area contributed by atoms with Gasteiger partial charge in [0, 0.05) is 66.6 Å². The molecule has 3 aliphatic rings. The highest BCUT2D eigenvalue weighted by atomic mass is 19.1. The van der Waals surface area contributed by atoms with E-state index in [2.05, 4.69) is 20.4 Å². The van der Waals surface area contributed by atoms with Crippen LogP contribution in [0.4, 0.5) is 13.2 Å². The Morgan fingerprint density at radius 3 is 2.79 bits per heavy atom. The van der Waals surface area contributed by atoms with E-state index in [1.165, 1.54) is 0 Å². The number of alkyl halides is 1. The minimum atomic E-state index is -1.15. The zero-order valence-electron chi connectivity index (χ0n) is 17.9. The van der Waals surface area contributed by atoms with Crippen molar-refractivity contribution in [2.24, 2.45) is 10.9 Å². The standard InChI is InChI=1S/C24H23F3N6/c25-17-1-2-21(27)19(4-17)23-5-18(26)13-33(23)24-20-3-15(8-29-22(20)10-30-24)16-9-31-32(12-16)11-14-6-28-7-14/h1-4,8-9,12,14,18,23,28H,5-7,10-11,13H2/t18-,23+/m0/s1. The van der Waals surface area contributed by atoms with Crippen LogP contribution >= 0.6 is 0 Å². The zero-order valence-corrected chi connectivity index (χ0v) is 17.9. The molecular weight excluding hydrogens is 429 g/mol. The lowest BCUT2D eigenvalue weighted by Gasteiger charge is -2.27. The average molecular weight is 452 g/mol. The minimum Gasteiger partial charge on any atom is -0.346 e. The summed E-state index contributed by atoms with van der Waals surface area (Å²) in [7, 11) is 0. The van der Waals surface area contributed by atoms with Crippen molar-refractivity contribution in [1.82, 2.24) is 25.0 Å². The van der Waals surface area contributed by atoms with Crippen LogP contribution in [-0.2, 0) is 13.1 Å². The monoisotopic (exact) mass is 452 g/mol. The molecule has 3 aliphatic heterocycles. The SMILES string of the molecule is Fc1ccc(F)c([C@H]2C[C@H](F)CN2C2=NCc3ncc(-c4cnn(CC5CNC5)c4)cc32)c1. The summed E-state index contributed by atoms with van der Waals surface area (Å²) in [6, 6.07) is 4.69. The van der Waals surface area contributed by atoms with E-state index in [9.17, 15) is 13.2 Å². The molecule has 2 saturated heterocycles. The van der Waals surface area contributed by atoms with Crippen LogP contribution in [0.1, 0.15) is 29.3 Å². The lowest BCUT2D eigenvalue weighted by molar-refractivity contribution is 0.295. The third kappa shape index (κ3) is 3.70. The molecule has 5 heterocycles. The average Bonchev–Trinajstić information content (AvgIpc) is 3.50. The molecule has 0 radical (unpaired) electrons. The second-order valence-corrected chi connectivity index (χ2v) is 9.00. The number of halogens is 3. The van der Waals surface area contributed by atoms with Crippen molar-refractivity contribution in [3.63, 3.8) is 0 Å². The molecule has 0 bridgehead atoms. The van der Waals surface area contributed by atoms with Crippen molar-refractivity contribution in [3.8, 4) is 11.1 Å². The van der Waals surface area contributed by atoms with Gasteiger partial charge in [-0.2, -0.15) is 5.10 Å². The summed E-state index contributed by atoms with van der Waals surface area (Å²) >= 11 is 0. The predicted octanol–water partition coefficient (Wildman–Crippen LogP) is 3.49. The van der Waals surface area contributed by atoms with E-state index in [-0.39, 0.29) is 18.5 Å². The Morgan fingerprint density at radius 1 is 1.09 bits per heavy atom. The normalized spacial score (nSPS) is 22.4. The highest BCUT2D eigenvalue weighted by Crippen LogP contribution is 2.38. The fourth-order valence-electron chi connectivity index (χ4n) is 4.89. The maximum absolute atomic E-state index is 14.5. The Hall–Kier alpha value is -3.20.